The number of nitrogens with zero attached hydrogens (tertiary/aromatic N) is 1. The monoisotopic (exact) mass is 320 g/mol. The number of benzene rings is 2. The van der Waals surface area contributed by atoms with Crippen LogP contribution in [0.3, 0.4) is 0 Å². The number of aromatic nitrogens is 1. The second kappa shape index (κ2) is 6.13. The van der Waals surface area contributed by atoms with Crippen LogP contribution in [0.25, 0.3) is 10.9 Å². The maximum absolute atomic E-state index is 12.6. The number of amides is 1. The van der Waals surface area contributed by atoms with Crippen molar-refractivity contribution in [2.75, 3.05) is 20.3 Å². The van der Waals surface area contributed by atoms with Crippen LogP contribution in [-0.4, -0.2) is 36.1 Å². The number of hydrogen-bond acceptors (Lipinski definition) is 2. The molecule has 0 saturated carbocycles. The third kappa shape index (κ3) is 2.39. The first-order valence-electron chi connectivity index (χ1n) is 8.22. The Balaban J connectivity index is 1.87. The zero-order chi connectivity index (χ0) is 16.5. The molecular formula is C20H20N2O2. The number of rotatable bonds is 3. The van der Waals surface area contributed by atoms with Crippen LogP contribution >= 0.6 is 0 Å². The van der Waals surface area contributed by atoms with Crippen molar-refractivity contribution in [3.8, 4) is 0 Å². The third-order valence-corrected chi connectivity index (χ3v) is 4.74. The van der Waals surface area contributed by atoms with Gasteiger partial charge >= 0.3 is 0 Å². The van der Waals surface area contributed by atoms with Gasteiger partial charge in [0.05, 0.1) is 6.04 Å². The van der Waals surface area contributed by atoms with E-state index in [1.165, 1.54) is 10.9 Å². The highest BCUT2D eigenvalue weighted by molar-refractivity contribution is 5.86. The fraction of sp³-hybridized carbons (Fsp3) is 0.250. The smallest absolute Gasteiger partial charge is 0.249 e. The summed E-state index contributed by atoms with van der Waals surface area (Å²) in [6.45, 7) is 0.815. The number of ether oxygens (including phenoxy) is 1. The first-order chi connectivity index (χ1) is 11.8. The molecule has 0 unspecified atom stereocenters. The zero-order valence-electron chi connectivity index (χ0n) is 13.7. The van der Waals surface area contributed by atoms with Crippen molar-refractivity contribution in [3.63, 3.8) is 0 Å². The van der Waals surface area contributed by atoms with E-state index in [0.717, 1.165) is 23.2 Å². The number of carbonyl (C=O) groups excluding carboxylic acids is 1. The van der Waals surface area contributed by atoms with Crippen molar-refractivity contribution < 1.29 is 9.53 Å². The van der Waals surface area contributed by atoms with Gasteiger partial charge in [0.2, 0.25) is 5.91 Å². The molecule has 4 heteroatoms. The Kier molecular flexibility index (Phi) is 3.82. The van der Waals surface area contributed by atoms with E-state index < -0.39 is 0 Å². The predicted molar refractivity (Wildman–Crippen MR) is 93.9 cm³/mol. The molecule has 1 aliphatic heterocycles. The molecule has 0 aliphatic carbocycles. The molecule has 0 bridgehead atoms. The number of nitrogens with one attached hydrogen (secondary N) is 1. The number of aromatic amines is 1. The minimum absolute atomic E-state index is 0.0238. The average Bonchev–Trinajstić information content (AvgIpc) is 3.00. The maximum Gasteiger partial charge on any atom is 0.249 e. The maximum atomic E-state index is 12.6. The van der Waals surface area contributed by atoms with Gasteiger partial charge in [-0.15, -0.1) is 0 Å². The van der Waals surface area contributed by atoms with Crippen molar-refractivity contribution in [2.24, 2.45) is 0 Å². The molecule has 1 aromatic heterocycles. The zero-order valence-corrected chi connectivity index (χ0v) is 13.7. The number of fused-ring (bicyclic) bond motifs is 3. The highest BCUT2D eigenvalue weighted by Gasteiger charge is 2.34. The molecule has 4 rings (SSSR count). The van der Waals surface area contributed by atoms with Crippen LogP contribution in [0.1, 0.15) is 22.9 Å². The van der Waals surface area contributed by atoms with Crippen LogP contribution in [0.2, 0.25) is 0 Å². The molecule has 0 fully saturated rings. The molecular weight excluding hydrogens is 300 g/mol. The van der Waals surface area contributed by atoms with E-state index in [4.69, 9.17) is 4.74 Å². The van der Waals surface area contributed by atoms with E-state index in [0.29, 0.717) is 6.54 Å². The topological polar surface area (TPSA) is 45.3 Å². The van der Waals surface area contributed by atoms with E-state index in [1.54, 1.807) is 7.11 Å². The second-order valence-electron chi connectivity index (χ2n) is 6.15. The number of para-hydroxylation sites is 1. The summed E-state index contributed by atoms with van der Waals surface area (Å²) >= 11 is 0. The molecule has 4 nitrogen and oxygen atoms in total. The Morgan fingerprint density at radius 1 is 1.17 bits per heavy atom. The van der Waals surface area contributed by atoms with Gasteiger partial charge in [0.25, 0.3) is 0 Å². The first-order valence-corrected chi connectivity index (χ1v) is 8.22. The number of methoxy groups -OCH3 is 1. The first kappa shape index (κ1) is 15.0. The molecule has 1 aliphatic rings. The number of hydrogen-bond donors (Lipinski definition) is 1. The number of carbonyl (C=O) groups is 1. The lowest BCUT2D eigenvalue weighted by molar-refractivity contribution is -0.137. The lowest BCUT2D eigenvalue weighted by atomic mass is 9.92. The van der Waals surface area contributed by atoms with Crippen molar-refractivity contribution in [1.29, 1.82) is 0 Å². The summed E-state index contributed by atoms with van der Waals surface area (Å²) in [5.74, 6) is 0.0238. The molecule has 3 aromatic rings. The van der Waals surface area contributed by atoms with Gasteiger partial charge in [0.15, 0.2) is 0 Å². The molecule has 1 amide bonds. The van der Waals surface area contributed by atoms with Crippen LogP contribution < -0.4 is 0 Å². The molecule has 2 heterocycles. The highest BCUT2D eigenvalue weighted by atomic mass is 16.5. The van der Waals surface area contributed by atoms with Gasteiger partial charge in [-0.2, -0.15) is 0 Å². The van der Waals surface area contributed by atoms with Crippen molar-refractivity contribution in [3.05, 3.63) is 71.4 Å². The lowest BCUT2D eigenvalue weighted by Crippen LogP contribution is -2.42. The van der Waals surface area contributed by atoms with Gasteiger partial charge in [-0.05, 0) is 23.6 Å². The van der Waals surface area contributed by atoms with E-state index in [-0.39, 0.29) is 18.6 Å². The van der Waals surface area contributed by atoms with Gasteiger partial charge in [-0.3, -0.25) is 4.79 Å². The third-order valence-electron chi connectivity index (χ3n) is 4.74. The van der Waals surface area contributed by atoms with Crippen LogP contribution in [0, 0.1) is 0 Å². The summed E-state index contributed by atoms with van der Waals surface area (Å²) in [6.07, 6.45) is 0.859. The summed E-state index contributed by atoms with van der Waals surface area (Å²) in [7, 11) is 1.56. The van der Waals surface area contributed by atoms with E-state index in [9.17, 15) is 4.79 Å². The lowest BCUT2D eigenvalue weighted by Gasteiger charge is -2.36. The van der Waals surface area contributed by atoms with Crippen molar-refractivity contribution >= 4 is 16.8 Å². The minimum Gasteiger partial charge on any atom is -0.375 e. The van der Waals surface area contributed by atoms with Crippen molar-refractivity contribution in [1.82, 2.24) is 9.88 Å². The molecule has 2 aromatic carbocycles. The van der Waals surface area contributed by atoms with Gasteiger partial charge in [-0.1, -0.05) is 48.5 Å². The van der Waals surface area contributed by atoms with Gasteiger partial charge in [-0.25, -0.2) is 0 Å². The van der Waals surface area contributed by atoms with E-state index in [1.807, 2.05) is 29.2 Å². The standard InChI is InChI=1S/C20H20N2O2/c1-24-13-18(23)22-12-11-16-15-9-5-6-10-17(15)21-19(16)20(22)14-7-3-2-4-8-14/h2-10,20-21H,11-13H2,1H3/t20-/m1/s1. The highest BCUT2D eigenvalue weighted by Crippen LogP contribution is 2.38. The fourth-order valence-electron chi connectivity index (χ4n) is 3.70. The Bertz CT molecular complexity index is 870. The summed E-state index contributed by atoms with van der Waals surface area (Å²) in [5, 5.41) is 1.26. The summed E-state index contributed by atoms with van der Waals surface area (Å²) in [6, 6.07) is 18.5. The Morgan fingerprint density at radius 3 is 2.71 bits per heavy atom. The van der Waals surface area contributed by atoms with Gasteiger partial charge in [0, 0.05) is 30.3 Å². The number of H-pyrrole nitrogens is 1. The molecule has 0 saturated heterocycles. The quantitative estimate of drug-likeness (QED) is 0.805. The SMILES string of the molecule is COCC(=O)N1CCc2c([nH]c3ccccc23)[C@H]1c1ccccc1. The molecule has 1 atom stereocenters. The van der Waals surface area contributed by atoms with Crippen LogP contribution in [0.5, 0.6) is 0 Å². The van der Waals surface area contributed by atoms with Crippen LogP contribution in [0.15, 0.2) is 54.6 Å². The molecule has 0 radical (unpaired) electrons. The molecule has 24 heavy (non-hydrogen) atoms. The fourth-order valence-corrected chi connectivity index (χ4v) is 3.70. The largest absolute Gasteiger partial charge is 0.375 e. The minimum atomic E-state index is -0.0926. The molecule has 0 spiro atoms. The normalized spacial score (nSPS) is 17.0. The molecule has 122 valence electrons. The van der Waals surface area contributed by atoms with Crippen LogP contribution in [0.4, 0.5) is 0 Å². The summed E-state index contributed by atoms with van der Waals surface area (Å²) < 4.78 is 5.09. The second-order valence-corrected chi connectivity index (χ2v) is 6.15. The average molecular weight is 320 g/mol. The summed E-state index contributed by atoms with van der Waals surface area (Å²) in [5.41, 5.74) is 4.69. The van der Waals surface area contributed by atoms with Gasteiger partial charge < -0.3 is 14.6 Å². The Morgan fingerprint density at radius 2 is 1.92 bits per heavy atom. The van der Waals surface area contributed by atoms with Gasteiger partial charge in [0.1, 0.15) is 6.61 Å². The Labute approximate surface area is 141 Å². The summed E-state index contributed by atoms with van der Waals surface area (Å²) in [4.78, 5) is 18.1. The van der Waals surface area contributed by atoms with E-state index in [2.05, 4.69) is 35.3 Å². The predicted octanol–water partition coefficient (Wildman–Crippen LogP) is 3.29. The molecule has 1 N–H and O–H groups in total. The Hall–Kier alpha value is -2.59. The van der Waals surface area contributed by atoms with E-state index >= 15 is 0 Å². The van der Waals surface area contributed by atoms with Crippen molar-refractivity contribution in [2.45, 2.75) is 12.5 Å². The van der Waals surface area contributed by atoms with Crippen LogP contribution in [-0.2, 0) is 16.0 Å².